The predicted octanol–water partition coefficient (Wildman–Crippen LogP) is 1.53. The molecule has 0 saturated carbocycles. The summed E-state index contributed by atoms with van der Waals surface area (Å²) in [7, 11) is 3.69. The number of carbonyl (C=O) groups excluding carboxylic acids is 1. The minimum absolute atomic E-state index is 0.0313. The molecule has 1 aromatic heterocycles. The van der Waals surface area contributed by atoms with Crippen molar-refractivity contribution in [1.82, 2.24) is 15.2 Å². The van der Waals surface area contributed by atoms with E-state index in [1.165, 1.54) is 0 Å². The van der Waals surface area contributed by atoms with E-state index in [0.717, 1.165) is 17.4 Å². The fraction of sp³-hybridized carbons (Fsp3) is 0.286. The summed E-state index contributed by atoms with van der Waals surface area (Å²) in [4.78, 5) is 18.3. The molecular formula is C14H17N3O. The first kappa shape index (κ1) is 12.5. The van der Waals surface area contributed by atoms with Crippen molar-refractivity contribution < 1.29 is 4.79 Å². The second-order valence-corrected chi connectivity index (χ2v) is 4.21. The van der Waals surface area contributed by atoms with E-state index >= 15 is 0 Å². The number of pyridine rings is 1. The Balaban J connectivity index is 2.33. The van der Waals surface area contributed by atoms with Gasteiger partial charge in [-0.3, -0.25) is 9.78 Å². The van der Waals surface area contributed by atoms with Crippen molar-refractivity contribution >= 4 is 16.8 Å². The molecule has 94 valence electrons. The number of aromatic nitrogens is 1. The van der Waals surface area contributed by atoms with Gasteiger partial charge < -0.3 is 10.2 Å². The van der Waals surface area contributed by atoms with Crippen LogP contribution in [0.2, 0.25) is 0 Å². The van der Waals surface area contributed by atoms with Gasteiger partial charge in [0.05, 0.1) is 5.52 Å². The SMILES string of the molecule is CNCCN(C)C(=O)c1cccc2ncccc12. The summed E-state index contributed by atoms with van der Waals surface area (Å²) in [6, 6.07) is 9.42. The van der Waals surface area contributed by atoms with E-state index in [0.29, 0.717) is 12.1 Å². The summed E-state index contributed by atoms with van der Waals surface area (Å²) in [5.74, 6) is 0.0313. The van der Waals surface area contributed by atoms with Crippen molar-refractivity contribution in [3.8, 4) is 0 Å². The smallest absolute Gasteiger partial charge is 0.254 e. The number of fused-ring (bicyclic) bond motifs is 1. The first-order valence-corrected chi connectivity index (χ1v) is 5.98. The van der Waals surface area contributed by atoms with Crippen LogP contribution in [0.4, 0.5) is 0 Å². The minimum atomic E-state index is 0.0313. The average molecular weight is 243 g/mol. The van der Waals surface area contributed by atoms with E-state index < -0.39 is 0 Å². The van der Waals surface area contributed by atoms with Gasteiger partial charge in [-0.2, -0.15) is 0 Å². The highest BCUT2D eigenvalue weighted by molar-refractivity contribution is 6.05. The third-order valence-corrected chi connectivity index (χ3v) is 2.92. The maximum Gasteiger partial charge on any atom is 0.254 e. The van der Waals surface area contributed by atoms with Crippen LogP contribution >= 0.6 is 0 Å². The lowest BCUT2D eigenvalue weighted by Gasteiger charge is -2.17. The number of nitrogens with one attached hydrogen (secondary N) is 1. The molecule has 0 fully saturated rings. The number of hydrogen-bond donors (Lipinski definition) is 1. The Bertz CT molecular complexity index is 548. The Morgan fingerprint density at radius 2 is 2.17 bits per heavy atom. The summed E-state index contributed by atoms with van der Waals surface area (Å²) in [5.41, 5.74) is 1.56. The molecule has 0 radical (unpaired) electrons. The molecule has 0 aliphatic rings. The zero-order valence-electron chi connectivity index (χ0n) is 10.7. The van der Waals surface area contributed by atoms with E-state index in [1.54, 1.807) is 11.1 Å². The molecule has 0 aliphatic heterocycles. The monoisotopic (exact) mass is 243 g/mol. The Kier molecular flexibility index (Phi) is 3.89. The van der Waals surface area contributed by atoms with Gasteiger partial charge in [0, 0.05) is 37.3 Å². The Morgan fingerprint density at radius 1 is 1.33 bits per heavy atom. The van der Waals surface area contributed by atoms with Crippen LogP contribution < -0.4 is 5.32 Å². The Morgan fingerprint density at radius 3 is 2.94 bits per heavy atom. The molecule has 0 unspecified atom stereocenters. The first-order chi connectivity index (χ1) is 8.74. The largest absolute Gasteiger partial charge is 0.340 e. The van der Waals surface area contributed by atoms with Crippen molar-refractivity contribution in [3.63, 3.8) is 0 Å². The molecule has 0 spiro atoms. The fourth-order valence-corrected chi connectivity index (χ4v) is 1.88. The van der Waals surface area contributed by atoms with Crippen molar-refractivity contribution in [1.29, 1.82) is 0 Å². The van der Waals surface area contributed by atoms with Crippen LogP contribution in [0.5, 0.6) is 0 Å². The topological polar surface area (TPSA) is 45.2 Å². The molecule has 1 N–H and O–H groups in total. The molecule has 4 nitrogen and oxygen atoms in total. The van der Waals surface area contributed by atoms with Gasteiger partial charge in [-0.1, -0.05) is 12.1 Å². The van der Waals surface area contributed by atoms with E-state index in [-0.39, 0.29) is 5.91 Å². The van der Waals surface area contributed by atoms with Gasteiger partial charge >= 0.3 is 0 Å². The van der Waals surface area contributed by atoms with Crippen molar-refractivity contribution in [2.75, 3.05) is 27.2 Å². The maximum absolute atomic E-state index is 12.3. The van der Waals surface area contributed by atoms with Gasteiger partial charge in [-0.25, -0.2) is 0 Å². The van der Waals surface area contributed by atoms with Crippen molar-refractivity contribution in [2.24, 2.45) is 0 Å². The predicted molar refractivity (Wildman–Crippen MR) is 72.6 cm³/mol. The summed E-state index contributed by atoms with van der Waals surface area (Å²) in [5, 5.41) is 3.94. The molecule has 4 heteroatoms. The zero-order valence-corrected chi connectivity index (χ0v) is 10.7. The highest BCUT2D eigenvalue weighted by atomic mass is 16.2. The number of carbonyl (C=O) groups is 1. The Hall–Kier alpha value is -1.94. The molecule has 1 heterocycles. The lowest BCUT2D eigenvalue weighted by atomic mass is 10.1. The molecule has 18 heavy (non-hydrogen) atoms. The molecule has 2 aromatic rings. The van der Waals surface area contributed by atoms with Crippen LogP contribution in [0.15, 0.2) is 36.5 Å². The summed E-state index contributed by atoms with van der Waals surface area (Å²) in [6.07, 6.45) is 1.74. The minimum Gasteiger partial charge on any atom is -0.340 e. The quantitative estimate of drug-likeness (QED) is 0.885. The van der Waals surface area contributed by atoms with Crippen LogP contribution in [0.3, 0.4) is 0 Å². The molecule has 0 saturated heterocycles. The second kappa shape index (κ2) is 5.60. The van der Waals surface area contributed by atoms with E-state index in [9.17, 15) is 4.79 Å². The second-order valence-electron chi connectivity index (χ2n) is 4.21. The number of amides is 1. The van der Waals surface area contributed by atoms with E-state index in [4.69, 9.17) is 0 Å². The van der Waals surface area contributed by atoms with Crippen LogP contribution in [0.1, 0.15) is 10.4 Å². The normalized spacial score (nSPS) is 10.6. The van der Waals surface area contributed by atoms with Crippen LogP contribution in [0.25, 0.3) is 10.9 Å². The molecular weight excluding hydrogens is 226 g/mol. The Labute approximate surface area is 107 Å². The van der Waals surface area contributed by atoms with Crippen LogP contribution in [-0.2, 0) is 0 Å². The van der Waals surface area contributed by atoms with E-state index in [1.807, 2.05) is 44.4 Å². The fourth-order valence-electron chi connectivity index (χ4n) is 1.88. The van der Waals surface area contributed by atoms with Gasteiger partial charge in [-0.15, -0.1) is 0 Å². The summed E-state index contributed by atoms with van der Waals surface area (Å²) in [6.45, 7) is 1.47. The number of hydrogen-bond acceptors (Lipinski definition) is 3. The standard InChI is InChI=1S/C14H17N3O/c1-15-9-10-17(2)14(18)12-5-3-7-13-11(12)6-4-8-16-13/h3-8,15H,9-10H2,1-2H3. The van der Waals surface area contributed by atoms with E-state index in [2.05, 4.69) is 10.3 Å². The first-order valence-electron chi connectivity index (χ1n) is 5.98. The number of rotatable bonds is 4. The van der Waals surface area contributed by atoms with Crippen LogP contribution in [0, 0.1) is 0 Å². The van der Waals surface area contributed by atoms with Gasteiger partial charge in [0.25, 0.3) is 5.91 Å². The van der Waals surface area contributed by atoms with Gasteiger partial charge in [0.1, 0.15) is 0 Å². The van der Waals surface area contributed by atoms with Gasteiger partial charge in [0.2, 0.25) is 0 Å². The molecule has 1 amide bonds. The lowest BCUT2D eigenvalue weighted by Crippen LogP contribution is -2.32. The molecule has 2 rings (SSSR count). The number of likely N-dealkylation sites (N-methyl/N-ethyl adjacent to an activating group) is 2. The maximum atomic E-state index is 12.3. The van der Waals surface area contributed by atoms with Gasteiger partial charge in [0.15, 0.2) is 0 Å². The van der Waals surface area contributed by atoms with Gasteiger partial charge in [-0.05, 0) is 25.2 Å². The van der Waals surface area contributed by atoms with Crippen molar-refractivity contribution in [2.45, 2.75) is 0 Å². The zero-order chi connectivity index (χ0) is 13.0. The summed E-state index contributed by atoms with van der Waals surface area (Å²) < 4.78 is 0. The third kappa shape index (κ3) is 2.49. The molecule has 1 aromatic carbocycles. The lowest BCUT2D eigenvalue weighted by molar-refractivity contribution is 0.0799. The highest BCUT2D eigenvalue weighted by Gasteiger charge is 2.14. The summed E-state index contributed by atoms with van der Waals surface area (Å²) >= 11 is 0. The van der Waals surface area contributed by atoms with Crippen LogP contribution in [-0.4, -0.2) is 43.0 Å². The highest BCUT2D eigenvalue weighted by Crippen LogP contribution is 2.17. The molecule has 0 aliphatic carbocycles. The average Bonchev–Trinajstić information content (AvgIpc) is 2.43. The molecule has 0 atom stereocenters. The third-order valence-electron chi connectivity index (χ3n) is 2.92. The van der Waals surface area contributed by atoms with Crippen molar-refractivity contribution in [3.05, 3.63) is 42.1 Å². The number of nitrogens with zero attached hydrogens (tertiary/aromatic N) is 2. The number of benzene rings is 1. The molecule has 0 bridgehead atoms.